The highest BCUT2D eigenvalue weighted by Crippen LogP contribution is 2.42. The minimum absolute atomic E-state index is 0.0712. The van der Waals surface area contributed by atoms with Gasteiger partial charge in [0, 0.05) is 24.1 Å². The van der Waals surface area contributed by atoms with Gasteiger partial charge in [0.05, 0.1) is 24.2 Å². The highest BCUT2D eigenvalue weighted by atomic mass is 32.2. The van der Waals surface area contributed by atoms with E-state index in [1.807, 2.05) is 53.4 Å². The number of piperidine rings is 1. The average molecular weight is 423 g/mol. The molecule has 2 aliphatic rings. The summed E-state index contributed by atoms with van der Waals surface area (Å²) in [5.41, 5.74) is 1.84. The van der Waals surface area contributed by atoms with Gasteiger partial charge in [0.1, 0.15) is 5.75 Å². The molecule has 0 N–H and O–H groups in total. The van der Waals surface area contributed by atoms with Crippen LogP contribution in [0.25, 0.3) is 0 Å². The number of carbonyl (C=O) groups is 2. The fraction of sp³-hybridized carbons (Fsp3) is 0.333. The van der Waals surface area contributed by atoms with E-state index in [9.17, 15) is 9.59 Å². The molecule has 1 saturated heterocycles. The fourth-order valence-corrected chi connectivity index (χ4v) is 4.99. The van der Waals surface area contributed by atoms with Crippen LogP contribution >= 0.6 is 11.8 Å². The molecule has 0 radical (unpaired) electrons. The van der Waals surface area contributed by atoms with Gasteiger partial charge < -0.3 is 14.5 Å². The summed E-state index contributed by atoms with van der Waals surface area (Å²) in [6, 6.07) is 15.5. The van der Waals surface area contributed by atoms with Gasteiger partial charge >= 0.3 is 0 Å². The van der Waals surface area contributed by atoms with Crippen molar-refractivity contribution in [2.24, 2.45) is 5.92 Å². The molecular formula is C24H26N2O3S. The number of para-hydroxylation sites is 1. The van der Waals surface area contributed by atoms with E-state index in [2.05, 4.69) is 6.92 Å². The number of amides is 2. The molecule has 2 amide bonds. The maximum absolute atomic E-state index is 13.4. The van der Waals surface area contributed by atoms with Crippen LogP contribution in [0, 0.1) is 5.92 Å². The summed E-state index contributed by atoms with van der Waals surface area (Å²) in [5, 5.41) is 0. The van der Waals surface area contributed by atoms with Gasteiger partial charge in [-0.3, -0.25) is 9.59 Å². The molecule has 0 bridgehead atoms. The van der Waals surface area contributed by atoms with Crippen molar-refractivity contribution in [1.29, 1.82) is 0 Å². The van der Waals surface area contributed by atoms with Gasteiger partial charge in [-0.15, -0.1) is 0 Å². The van der Waals surface area contributed by atoms with E-state index in [-0.39, 0.29) is 11.8 Å². The molecule has 1 unspecified atom stereocenters. The van der Waals surface area contributed by atoms with Crippen LogP contribution in [0.1, 0.15) is 25.3 Å². The zero-order valence-corrected chi connectivity index (χ0v) is 18.2. The lowest BCUT2D eigenvalue weighted by molar-refractivity contribution is -0.128. The predicted octanol–water partition coefficient (Wildman–Crippen LogP) is 4.48. The van der Waals surface area contributed by atoms with E-state index in [0.717, 1.165) is 47.8 Å². The van der Waals surface area contributed by atoms with Crippen LogP contribution in [-0.2, 0) is 16.1 Å². The van der Waals surface area contributed by atoms with Crippen molar-refractivity contribution in [1.82, 2.24) is 4.90 Å². The van der Waals surface area contributed by atoms with E-state index < -0.39 is 0 Å². The molecule has 6 heteroatoms. The number of fused-ring (bicyclic) bond motifs is 1. The average Bonchev–Trinajstić information content (AvgIpc) is 2.76. The first-order valence-corrected chi connectivity index (χ1v) is 11.1. The zero-order valence-electron chi connectivity index (χ0n) is 17.3. The molecule has 30 heavy (non-hydrogen) atoms. The Morgan fingerprint density at radius 1 is 1.23 bits per heavy atom. The fourth-order valence-electron chi connectivity index (χ4n) is 3.97. The van der Waals surface area contributed by atoms with Crippen LogP contribution in [0.5, 0.6) is 5.75 Å². The van der Waals surface area contributed by atoms with Gasteiger partial charge in [-0.1, -0.05) is 43.0 Å². The number of carbonyl (C=O) groups excluding carboxylic acids is 2. The molecule has 0 saturated carbocycles. The largest absolute Gasteiger partial charge is 0.497 e. The number of methoxy groups -OCH3 is 1. The van der Waals surface area contributed by atoms with Crippen LogP contribution < -0.4 is 9.64 Å². The Kier molecular flexibility index (Phi) is 6.13. The van der Waals surface area contributed by atoms with Gasteiger partial charge in [-0.05, 0) is 48.6 Å². The lowest BCUT2D eigenvalue weighted by atomic mass is 10.0. The number of hydrogen-bond acceptors (Lipinski definition) is 4. The van der Waals surface area contributed by atoms with Crippen molar-refractivity contribution in [3.63, 3.8) is 0 Å². The Morgan fingerprint density at radius 2 is 2.07 bits per heavy atom. The van der Waals surface area contributed by atoms with Gasteiger partial charge in [0.15, 0.2) is 0 Å². The minimum atomic E-state index is -0.139. The Bertz CT molecular complexity index is 988. The Labute approximate surface area is 181 Å². The monoisotopic (exact) mass is 422 g/mol. The molecule has 0 aliphatic carbocycles. The molecule has 2 aromatic rings. The summed E-state index contributed by atoms with van der Waals surface area (Å²) in [6.07, 6.45) is 3.69. The predicted molar refractivity (Wildman–Crippen MR) is 120 cm³/mol. The highest BCUT2D eigenvalue weighted by molar-refractivity contribution is 8.04. The van der Waals surface area contributed by atoms with Crippen molar-refractivity contribution in [3.05, 3.63) is 65.1 Å². The number of benzene rings is 2. The van der Waals surface area contributed by atoms with Crippen LogP contribution in [0.4, 0.5) is 5.69 Å². The van der Waals surface area contributed by atoms with Gasteiger partial charge in [0.25, 0.3) is 5.91 Å². The number of ether oxygens (including phenoxy) is 1. The van der Waals surface area contributed by atoms with Crippen LogP contribution in [0.15, 0.2) is 64.4 Å². The number of hydrogen-bond donors (Lipinski definition) is 0. The molecular weight excluding hydrogens is 396 g/mol. The van der Waals surface area contributed by atoms with Crippen molar-refractivity contribution in [3.8, 4) is 5.75 Å². The van der Waals surface area contributed by atoms with Crippen molar-refractivity contribution in [2.45, 2.75) is 31.2 Å². The highest BCUT2D eigenvalue weighted by Gasteiger charge is 2.30. The van der Waals surface area contributed by atoms with Crippen LogP contribution in [-0.4, -0.2) is 36.9 Å². The van der Waals surface area contributed by atoms with E-state index in [1.165, 1.54) is 17.8 Å². The first-order chi connectivity index (χ1) is 14.5. The van der Waals surface area contributed by atoms with Crippen LogP contribution in [0.3, 0.4) is 0 Å². The van der Waals surface area contributed by atoms with E-state index in [0.29, 0.717) is 17.4 Å². The van der Waals surface area contributed by atoms with Crippen molar-refractivity contribution >= 4 is 29.3 Å². The lowest BCUT2D eigenvalue weighted by Crippen LogP contribution is -2.39. The summed E-state index contributed by atoms with van der Waals surface area (Å²) in [7, 11) is 1.63. The summed E-state index contributed by atoms with van der Waals surface area (Å²) in [5.74, 6) is 1.05. The maximum Gasteiger partial charge on any atom is 0.265 e. The Morgan fingerprint density at radius 3 is 2.87 bits per heavy atom. The molecule has 1 fully saturated rings. The molecule has 0 spiro atoms. The smallest absolute Gasteiger partial charge is 0.265 e. The quantitative estimate of drug-likeness (QED) is 0.682. The molecule has 4 rings (SSSR count). The number of nitrogens with zero attached hydrogens (tertiary/aromatic N) is 2. The topological polar surface area (TPSA) is 49.9 Å². The molecule has 1 atom stereocenters. The number of thioether (sulfide) groups is 1. The lowest BCUT2D eigenvalue weighted by Gasteiger charge is -2.32. The summed E-state index contributed by atoms with van der Waals surface area (Å²) >= 11 is 1.38. The SMILES string of the molecule is COc1cccc(CN2C(=O)/C(=C\C(=O)N3CCCC(C)C3)Sc3ccccc32)c1. The summed E-state index contributed by atoms with van der Waals surface area (Å²) < 4.78 is 5.32. The number of likely N-dealkylation sites (tertiary alicyclic amines) is 1. The second kappa shape index (κ2) is 8.96. The third-order valence-electron chi connectivity index (χ3n) is 5.53. The van der Waals surface area contributed by atoms with Gasteiger partial charge in [-0.2, -0.15) is 0 Å². The second-order valence-corrected chi connectivity index (χ2v) is 8.94. The van der Waals surface area contributed by atoms with Crippen molar-refractivity contribution < 1.29 is 14.3 Å². The first-order valence-electron chi connectivity index (χ1n) is 10.3. The molecule has 5 nitrogen and oxygen atoms in total. The second-order valence-electron chi connectivity index (χ2n) is 7.85. The first kappa shape index (κ1) is 20.5. The molecule has 2 heterocycles. The Balaban J connectivity index is 1.63. The standard InChI is InChI=1S/C24H26N2O3S/c1-17-7-6-12-25(15-17)23(27)14-22-24(28)26(20-10-3-4-11-21(20)30-22)16-18-8-5-9-19(13-18)29-2/h3-5,8-11,13-14,17H,6-7,12,15-16H2,1-2H3/b22-14+. The number of rotatable bonds is 4. The molecule has 2 aromatic carbocycles. The van der Waals surface area contributed by atoms with Gasteiger partial charge in [-0.25, -0.2) is 0 Å². The van der Waals surface area contributed by atoms with Crippen LogP contribution in [0.2, 0.25) is 0 Å². The van der Waals surface area contributed by atoms with E-state index in [1.54, 1.807) is 12.0 Å². The van der Waals surface area contributed by atoms with Crippen molar-refractivity contribution in [2.75, 3.05) is 25.1 Å². The number of anilines is 1. The van der Waals surface area contributed by atoms with E-state index in [4.69, 9.17) is 4.74 Å². The summed E-state index contributed by atoms with van der Waals surface area (Å²) in [6.45, 7) is 4.10. The maximum atomic E-state index is 13.4. The minimum Gasteiger partial charge on any atom is -0.497 e. The van der Waals surface area contributed by atoms with Gasteiger partial charge in [0.2, 0.25) is 5.91 Å². The molecule has 2 aliphatic heterocycles. The van der Waals surface area contributed by atoms with E-state index >= 15 is 0 Å². The third kappa shape index (κ3) is 4.38. The molecule has 156 valence electrons. The zero-order chi connectivity index (χ0) is 21.1. The molecule has 0 aromatic heterocycles. The Hall–Kier alpha value is -2.73. The summed E-state index contributed by atoms with van der Waals surface area (Å²) in [4.78, 5) is 31.3. The third-order valence-corrected chi connectivity index (χ3v) is 6.61. The normalized spacial score (nSPS) is 20.3.